The van der Waals surface area contributed by atoms with Crippen LogP contribution in [-0.2, 0) is 11.3 Å². The summed E-state index contributed by atoms with van der Waals surface area (Å²) < 4.78 is 17.3. The summed E-state index contributed by atoms with van der Waals surface area (Å²) in [6, 6.07) is 13.5. The summed E-state index contributed by atoms with van der Waals surface area (Å²) in [7, 11) is 4.05. The topological polar surface area (TPSA) is 71.5 Å². The number of aliphatic hydroxyl groups excluding tert-OH is 1. The number of carbonyl (C=O) groups is 1. The zero-order valence-electron chi connectivity index (χ0n) is 19.9. The normalized spacial score (nSPS) is 16.6. The number of hydrogen-bond acceptors (Lipinski definition) is 7. The fourth-order valence-corrected chi connectivity index (χ4v) is 3.96. The molecule has 0 aromatic heterocycles. The minimum atomic E-state index is -0.687. The molecule has 1 aliphatic heterocycles. The smallest absolute Gasteiger partial charge is 0.161 e. The molecule has 1 heterocycles. The van der Waals surface area contributed by atoms with Crippen LogP contribution in [0, 0.1) is 0 Å². The predicted molar refractivity (Wildman–Crippen MR) is 130 cm³/mol. The number of rotatable bonds is 13. The number of hydrogen-bond donors (Lipinski definition) is 1. The molecular formula is C26H36N2O5. The third-order valence-electron chi connectivity index (χ3n) is 5.65. The third kappa shape index (κ3) is 7.74. The molecule has 180 valence electrons. The van der Waals surface area contributed by atoms with Gasteiger partial charge in [0, 0.05) is 51.6 Å². The summed E-state index contributed by atoms with van der Waals surface area (Å²) in [5.41, 5.74) is 2.87. The molecule has 2 aromatic rings. The number of nitrogens with zero attached hydrogens (tertiary/aromatic N) is 2. The third-order valence-corrected chi connectivity index (χ3v) is 5.65. The van der Waals surface area contributed by atoms with Gasteiger partial charge in [-0.1, -0.05) is 12.1 Å². The summed E-state index contributed by atoms with van der Waals surface area (Å²) in [5, 5.41) is 10.8. The zero-order chi connectivity index (χ0) is 23.6. The summed E-state index contributed by atoms with van der Waals surface area (Å²) in [6.07, 6.45) is 2.41. The molecule has 2 aromatic carbocycles. The minimum Gasteiger partial charge on any atom is -0.490 e. The Balaban J connectivity index is 1.61. The van der Waals surface area contributed by atoms with Gasteiger partial charge in [-0.3, -0.25) is 9.69 Å². The molecule has 0 bridgehead atoms. The van der Waals surface area contributed by atoms with E-state index in [0.717, 1.165) is 44.5 Å². The molecular weight excluding hydrogens is 420 g/mol. The molecule has 1 saturated heterocycles. The molecule has 7 heteroatoms. The van der Waals surface area contributed by atoms with Crippen LogP contribution in [0.3, 0.4) is 0 Å². The molecule has 1 aliphatic rings. The van der Waals surface area contributed by atoms with Crippen molar-refractivity contribution in [3.8, 4) is 11.5 Å². The average Bonchev–Trinajstić information content (AvgIpc) is 3.31. The molecule has 0 spiro atoms. The maximum absolute atomic E-state index is 11.1. The standard InChI is InChI=1S/C26H36N2O5/c1-4-31-26-14-21(18-29)9-12-25(26)33-19-23(30)16-28(17-24-6-5-13-32-24)15-20-7-10-22(11-8-20)27(2)3/h7-12,14,18,23-24,30H,4-6,13,15-17,19H2,1-3H3. The SMILES string of the molecule is CCOc1cc(C=O)ccc1OCC(O)CN(Cc1ccc(N(C)C)cc1)CC1CCCO1. The predicted octanol–water partition coefficient (Wildman–Crippen LogP) is 3.38. The Morgan fingerprint density at radius 3 is 2.58 bits per heavy atom. The summed E-state index contributed by atoms with van der Waals surface area (Å²) in [6.45, 7) is 5.23. The second-order valence-electron chi connectivity index (χ2n) is 8.61. The van der Waals surface area contributed by atoms with Gasteiger partial charge in [0.1, 0.15) is 19.0 Å². The first-order valence-corrected chi connectivity index (χ1v) is 11.6. The molecule has 3 rings (SSSR count). The number of anilines is 1. The molecule has 0 saturated carbocycles. The quantitative estimate of drug-likeness (QED) is 0.463. The van der Waals surface area contributed by atoms with E-state index in [-0.39, 0.29) is 12.7 Å². The highest BCUT2D eigenvalue weighted by Gasteiger charge is 2.22. The lowest BCUT2D eigenvalue weighted by Crippen LogP contribution is -2.39. The Labute approximate surface area is 196 Å². The van der Waals surface area contributed by atoms with Gasteiger partial charge in [-0.25, -0.2) is 0 Å². The molecule has 7 nitrogen and oxygen atoms in total. The largest absolute Gasteiger partial charge is 0.490 e. The van der Waals surface area contributed by atoms with Crippen LogP contribution >= 0.6 is 0 Å². The highest BCUT2D eigenvalue weighted by atomic mass is 16.5. The lowest BCUT2D eigenvalue weighted by molar-refractivity contribution is 0.0309. The van der Waals surface area contributed by atoms with Gasteiger partial charge in [-0.05, 0) is 55.7 Å². The van der Waals surface area contributed by atoms with Gasteiger partial charge in [0.15, 0.2) is 11.5 Å². The Kier molecular flexibility index (Phi) is 9.54. The number of aldehydes is 1. The van der Waals surface area contributed by atoms with E-state index in [4.69, 9.17) is 14.2 Å². The number of benzene rings is 2. The first kappa shape index (κ1) is 25.0. The second kappa shape index (κ2) is 12.6. The van der Waals surface area contributed by atoms with Crippen molar-refractivity contribution in [3.63, 3.8) is 0 Å². The van der Waals surface area contributed by atoms with E-state index in [2.05, 4.69) is 34.1 Å². The van der Waals surface area contributed by atoms with E-state index in [1.807, 2.05) is 21.0 Å². The van der Waals surface area contributed by atoms with Crippen LogP contribution in [0.2, 0.25) is 0 Å². The van der Waals surface area contributed by atoms with Crippen molar-refractivity contribution in [3.05, 3.63) is 53.6 Å². The number of ether oxygens (including phenoxy) is 3. The van der Waals surface area contributed by atoms with Crippen LogP contribution in [0.5, 0.6) is 11.5 Å². The lowest BCUT2D eigenvalue weighted by atomic mass is 10.1. The average molecular weight is 457 g/mol. The summed E-state index contributed by atoms with van der Waals surface area (Å²) in [4.78, 5) is 15.4. The number of carbonyl (C=O) groups excluding carboxylic acids is 1. The van der Waals surface area contributed by atoms with Crippen LogP contribution in [0.15, 0.2) is 42.5 Å². The van der Waals surface area contributed by atoms with Gasteiger partial charge >= 0.3 is 0 Å². The molecule has 1 fully saturated rings. The molecule has 0 aliphatic carbocycles. The molecule has 1 N–H and O–H groups in total. The first-order chi connectivity index (χ1) is 16.0. The maximum atomic E-state index is 11.1. The van der Waals surface area contributed by atoms with E-state index in [1.165, 1.54) is 5.56 Å². The van der Waals surface area contributed by atoms with Gasteiger partial charge in [-0.15, -0.1) is 0 Å². The molecule has 2 unspecified atom stereocenters. The highest BCUT2D eigenvalue weighted by molar-refractivity contribution is 5.76. The van der Waals surface area contributed by atoms with Crippen molar-refractivity contribution in [2.75, 3.05) is 51.9 Å². The van der Waals surface area contributed by atoms with Gasteiger partial charge in [0.05, 0.1) is 12.7 Å². The van der Waals surface area contributed by atoms with Crippen LogP contribution in [0.4, 0.5) is 5.69 Å². The van der Waals surface area contributed by atoms with E-state index >= 15 is 0 Å². The Morgan fingerprint density at radius 1 is 1.15 bits per heavy atom. The molecule has 33 heavy (non-hydrogen) atoms. The van der Waals surface area contributed by atoms with Crippen LogP contribution in [0.1, 0.15) is 35.7 Å². The van der Waals surface area contributed by atoms with E-state index < -0.39 is 6.10 Å². The zero-order valence-corrected chi connectivity index (χ0v) is 19.9. The fraction of sp³-hybridized carbons (Fsp3) is 0.500. The van der Waals surface area contributed by atoms with E-state index in [9.17, 15) is 9.90 Å². The van der Waals surface area contributed by atoms with Gasteiger partial charge in [-0.2, -0.15) is 0 Å². The van der Waals surface area contributed by atoms with Crippen molar-refractivity contribution in [1.29, 1.82) is 0 Å². The molecule has 0 amide bonds. The monoisotopic (exact) mass is 456 g/mol. The van der Waals surface area contributed by atoms with Crippen molar-refractivity contribution in [2.45, 2.75) is 38.5 Å². The van der Waals surface area contributed by atoms with Crippen molar-refractivity contribution >= 4 is 12.0 Å². The van der Waals surface area contributed by atoms with E-state index in [0.29, 0.717) is 30.2 Å². The molecule has 2 atom stereocenters. The number of aliphatic hydroxyl groups is 1. The van der Waals surface area contributed by atoms with E-state index in [1.54, 1.807) is 18.2 Å². The van der Waals surface area contributed by atoms with Crippen LogP contribution in [0.25, 0.3) is 0 Å². The summed E-state index contributed by atoms with van der Waals surface area (Å²) in [5.74, 6) is 1.03. The maximum Gasteiger partial charge on any atom is 0.161 e. The Morgan fingerprint density at radius 2 is 1.94 bits per heavy atom. The first-order valence-electron chi connectivity index (χ1n) is 11.6. The Hall–Kier alpha value is -2.61. The molecule has 0 radical (unpaired) electrons. The Bertz CT molecular complexity index is 865. The fourth-order valence-electron chi connectivity index (χ4n) is 3.96. The lowest BCUT2D eigenvalue weighted by Gasteiger charge is -2.28. The minimum absolute atomic E-state index is 0.127. The van der Waals surface area contributed by atoms with Crippen molar-refractivity contribution in [1.82, 2.24) is 4.90 Å². The highest BCUT2D eigenvalue weighted by Crippen LogP contribution is 2.28. The van der Waals surface area contributed by atoms with Gasteiger partial charge in [0.2, 0.25) is 0 Å². The van der Waals surface area contributed by atoms with Gasteiger partial charge < -0.3 is 24.2 Å². The van der Waals surface area contributed by atoms with Crippen LogP contribution < -0.4 is 14.4 Å². The second-order valence-corrected chi connectivity index (χ2v) is 8.61. The summed E-state index contributed by atoms with van der Waals surface area (Å²) >= 11 is 0. The van der Waals surface area contributed by atoms with Crippen molar-refractivity contribution in [2.24, 2.45) is 0 Å². The van der Waals surface area contributed by atoms with Gasteiger partial charge in [0.25, 0.3) is 0 Å². The van der Waals surface area contributed by atoms with Crippen molar-refractivity contribution < 1.29 is 24.1 Å². The van der Waals surface area contributed by atoms with Crippen LogP contribution in [-0.4, -0.2) is 75.5 Å².